The summed E-state index contributed by atoms with van der Waals surface area (Å²) in [6.07, 6.45) is 2.96. The molecule has 3 heterocycles. The molecule has 2 aromatic rings. The van der Waals surface area contributed by atoms with E-state index in [2.05, 4.69) is 20.5 Å². The molecule has 2 aromatic heterocycles. The van der Waals surface area contributed by atoms with Gasteiger partial charge in [0.15, 0.2) is 0 Å². The topological polar surface area (TPSA) is 104 Å². The van der Waals surface area contributed by atoms with Gasteiger partial charge in [0.2, 0.25) is 17.7 Å². The van der Waals surface area contributed by atoms with E-state index in [9.17, 15) is 9.90 Å². The van der Waals surface area contributed by atoms with Crippen LogP contribution in [-0.2, 0) is 11.2 Å². The zero-order valence-electron chi connectivity index (χ0n) is 15.2. The first-order valence-corrected chi connectivity index (χ1v) is 8.92. The van der Waals surface area contributed by atoms with Gasteiger partial charge in [0.25, 0.3) is 0 Å². The van der Waals surface area contributed by atoms with Crippen LogP contribution < -0.4 is 10.2 Å². The SMILES string of the molecule is CC(C)c1nnc(CCC(=O)NCC2(O)CCN(c3ccccn3)C2)o1. The van der Waals surface area contributed by atoms with Gasteiger partial charge < -0.3 is 19.7 Å². The van der Waals surface area contributed by atoms with Crippen LogP contribution >= 0.6 is 0 Å². The van der Waals surface area contributed by atoms with E-state index in [-0.39, 0.29) is 24.8 Å². The molecule has 1 aliphatic heterocycles. The Kier molecular flexibility index (Phi) is 5.51. The summed E-state index contributed by atoms with van der Waals surface area (Å²) in [4.78, 5) is 18.4. The summed E-state index contributed by atoms with van der Waals surface area (Å²) in [5.74, 6) is 1.91. The molecule has 1 unspecified atom stereocenters. The molecule has 1 saturated heterocycles. The van der Waals surface area contributed by atoms with Gasteiger partial charge in [-0.3, -0.25) is 4.79 Å². The fraction of sp³-hybridized carbons (Fsp3) is 0.556. The molecule has 1 fully saturated rings. The monoisotopic (exact) mass is 359 g/mol. The summed E-state index contributed by atoms with van der Waals surface area (Å²) >= 11 is 0. The summed E-state index contributed by atoms with van der Waals surface area (Å²) in [5.41, 5.74) is -0.942. The summed E-state index contributed by atoms with van der Waals surface area (Å²) in [6.45, 7) is 5.33. The van der Waals surface area contributed by atoms with Crippen molar-refractivity contribution in [3.63, 3.8) is 0 Å². The highest BCUT2D eigenvalue weighted by Gasteiger charge is 2.36. The molecule has 1 amide bonds. The predicted octanol–water partition coefficient (Wildman–Crippen LogP) is 1.28. The quantitative estimate of drug-likeness (QED) is 0.767. The van der Waals surface area contributed by atoms with E-state index in [0.29, 0.717) is 37.7 Å². The minimum atomic E-state index is -0.942. The van der Waals surface area contributed by atoms with Crippen molar-refractivity contribution in [2.45, 2.75) is 44.6 Å². The third-order valence-electron chi connectivity index (χ3n) is 4.46. The Bertz CT molecular complexity index is 733. The van der Waals surface area contributed by atoms with Gasteiger partial charge in [0, 0.05) is 44.6 Å². The first-order chi connectivity index (χ1) is 12.5. The number of aryl methyl sites for hydroxylation is 1. The molecule has 140 valence electrons. The molecule has 0 aromatic carbocycles. The lowest BCUT2D eigenvalue weighted by Gasteiger charge is -2.24. The lowest BCUT2D eigenvalue weighted by Crippen LogP contribution is -2.45. The number of hydrogen-bond donors (Lipinski definition) is 2. The minimum absolute atomic E-state index is 0.140. The molecule has 0 radical (unpaired) electrons. The van der Waals surface area contributed by atoms with Crippen LogP contribution in [0.15, 0.2) is 28.8 Å². The number of nitrogens with zero attached hydrogens (tertiary/aromatic N) is 4. The number of aliphatic hydroxyl groups is 1. The van der Waals surface area contributed by atoms with Crippen molar-refractivity contribution in [3.05, 3.63) is 36.2 Å². The first-order valence-electron chi connectivity index (χ1n) is 8.92. The van der Waals surface area contributed by atoms with Crippen molar-refractivity contribution in [1.82, 2.24) is 20.5 Å². The Morgan fingerprint density at radius 3 is 2.96 bits per heavy atom. The molecular weight excluding hydrogens is 334 g/mol. The summed E-state index contributed by atoms with van der Waals surface area (Å²) < 4.78 is 5.49. The molecule has 8 nitrogen and oxygen atoms in total. The number of rotatable bonds is 7. The van der Waals surface area contributed by atoms with E-state index in [1.165, 1.54) is 0 Å². The number of carbonyl (C=O) groups excluding carboxylic acids is 1. The third-order valence-corrected chi connectivity index (χ3v) is 4.46. The van der Waals surface area contributed by atoms with Gasteiger partial charge in [-0.25, -0.2) is 4.98 Å². The number of hydrogen-bond acceptors (Lipinski definition) is 7. The van der Waals surface area contributed by atoms with Gasteiger partial charge in [-0.2, -0.15) is 0 Å². The standard InChI is InChI=1S/C18H25N5O3/c1-13(2)17-22-21-16(26-17)7-6-15(24)20-11-18(25)8-10-23(12-18)14-5-3-4-9-19-14/h3-5,9,13,25H,6-8,10-12H2,1-2H3,(H,20,24). The Balaban J connectivity index is 1.44. The third kappa shape index (κ3) is 4.57. The molecule has 1 aliphatic rings. The molecule has 1 atom stereocenters. The molecule has 3 rings (SSSR count). The lowest BCUT2D eigenvalue weighted by atomic mass is 10.0. The second-order valence-electron chi connectivity index (χ2n) is 7.05. The van der Waals surface area contributed by atoms with Crippen molar-refractivity contribution in [3.8, 4) is 0 Å². The van der Waals surface area contributed by atoms with E-state index in [1.807, 2.05) is 36.9 Å². The summed E-state index contributed by atoms with van der Waals surface area (Å²) in [6, 6.07) is 5.70. The maximum atomic E-state index is 12.1. The van der Waals surface area contributed by atoms with Crippen molar-refractivity contribution in [1.29, 1.82) is 0 Å². The summed E-state index contributed by atoms with van der Waals surface area (Å²) in [7, 11) is 0. The Morgan fingerprint density at radius 1 is 1.42 bits per heavy atom. The second-order valence-corrected chi connectivity index (χ2v) is 7.05. The van der Waals surface area contributed by atoms with E-state index in [0.717, 1.165) is 5.82 Å². The molecule has 2 N–H and O–H groups in total. The fourth-order valence-electron chi connectivity index (χ4n) is 2.91. The van der Waals surface area contributed by atoms with Crippen LogP contribution in [0.4, 0.5) is 5.82 Å². The Hall–Kier alpha value is -2.48. The average Bonchev–Trinajstić information content (AvgIpc) is 3.27. The van der Waals surface area contributed by atoms with Crippen LogP contribution in [0.3, 0.4) is 0 Å². The maximum absolute atomic E-state index is 12.1. The van der Waals surface area contributed by atoms with Gasteiger partial charge >= 0.3 is 0 Å². The number of amides is 1. The molecular formula is C18H25N5O3. The van der Waals surface area contributed by atoms with Crippen LogP contribution in [0.2, 0.25) is 0 Å². The number of nitrogens with one attached hydrogen (secondary N) is 1. The van der Waals surface area contributed by atoms with Crippen molar-refractivity contribution >= 4 is 11.7 Å². The second kappa shape index (κ2) is 7.82. The zero-order chi connectivity index (χ0) is 18.6. The van der Waals surface area contributed by atoms with Gasteiger partial charge in [-0.1, -0.05) is 19.9 Å². The highest BCUT2D eigenvalue weighted by molar-refractivity contribution is 5.76. The number of carbonyl (C=O) groups is 1. The number of β-amino-alcohol motifs (C(OH)–C–C–N with tert-alkyl or cyclic N) is 1. The minimum Gasteiger partial charge on any atom is -0.425 e. The molecule has 26 heavy (non-hydrogen) atoms. The van der Waals surface area contributed by atoms with E-state index in [1.54, 1.807) is 6.20 Å². The Morgan fingerprint density at radius 2 is 2.27 bits per heavy atom. The van der Waals surface area contributed by atoms with Gasteiger partial charge in [0.05, 0.1) is 0 Å². The number of pyridine rings is 1. The fourth-order valence-corrected chi connectivity index (χ4v) is 2.91. The average molecular weight is 359 g/mol. The molecule has 0 aliphatic carbocycles. The van der Waals surface area contributed by atoms with Gasteiger partial charge in [0.1, 0.15) is 11.4 Å². The molecule has 0 saturated carbocycles. The van der Waals surface area contributed by atoms with E-state index < -0.39 is 5.60 Å². The van der Waals surface area contributed by atoms with Crippen molar-refractivity contribution in [2.24, 2.45) is 0 Å². The van der Waals surface area contributed by atoms with Crippen molar-refractivity contribution < 1.29 is 14.3 Å². The first kappa shape index (κ1) is 18.3. The van der Waals surface area contributed by atoms with E-state index in [4.69, 9.17) is 4.42 Å². The van der Waals surface area contributed by atoms with Crippen LogP contribution in [0, 0.1) is 0 Å². The molecule has 0 bridgehead atoms. The zero-order valence-corrected chi connectivity index (χ0v) is 15.2. The normalized spacial score (nSPS) is 19.9. The number of anilines is 1. The maximum Gasteiger partial charge on any atom is 0.220 e. The largest absolute Gasteiger partial charge is 0.425 e. The highest BCUT2D eigenvalue weighted by Crippen LogP contribution is 2.24. The van der Waals surface area contributed by atoms with Gasteiger partial charge in [-0.15, -0.1) is 10.2 Å². The van der Waals surface area contributed by atoms with Crippen LogP contribution in [0.1, 0.15) is 44.4 Å². The van der Waals surface area contributed by atoms with Crippen molar-refractivity contribution in [2.75, 3.05) is 24.5 Å². The van der Waals surface area contributed by atoms with E-state index >= 15 is 0 Å². The molecule has 8 heteroatoms. The molecule has 0 spiro atoms. The van der Waals surface area contributed by atoms with Crippen LogP contribution in [-0.4, -0.2) is 51.4 Å². The van der Waals surface area contributed by atoms with Gasteiger partial charge in [-0.05, 0) is 18.6 Å². The lowest BCUT2D eigenvalue weighted by molar-refractivity contribution is -0.122. The number of aromatic nitrogens is 3. The summed E-state index contributed by atoms with van der Waals surface area (Å²) in [5, 5.41) is 21.4. The Labute approximate surface area is 152 Å². The predicted molar refractivity (Wildman–Crippen MR) is 95.7 cm³/mol. The van der Waals surface area contributed by atoms with Crippen LogP contribution in [0.25, 0.3) is 0 Å². The van der Waals surface area contributed by atoms with Crippen LogP contribution in [0.5, 0.6) is 0 Å². The highest BCUT2D eigenvalue weighted by atomic mass is 16.4. The smallest absolute Gasteiger partial charge is 0.220 e.